The fraction of sp³-hybridized carbons (Fsp3) is 0.867. The summed E-state index contributed by atoms with van der Waals surface area (Å²) in [6, 6.07) is -0.187. The van der Waals surface area contributed by atoms with E-state index >= 15 is 0 Å². The number of hydrogen-bond donors (Lipinski definition) is 3. The number of guanidine groups is 1. The minimum absolute atomic E-state index is 0. The van der Waals surface area contributed by atoms with E-state index in [-0.39, 0.29) is 67.8 Å². The summed E-state index contributed by atoms with van der Waals surface area (Å²) >= 11 is 0. The quantitative estimate of drug-likeness (QED) is 0.194. The second kappa shape index (κ2) is 12.0. The maximum Gasteiger partial charge on any atom is 0.511 e. The Bertz CT molecular complexity index is 621. The third-order valence-electron chi connectivity index (χ3n) is 3.98. The van der Waals surface area contributed by atoms with Gasteiger partial charge in [0.25, 0.3) is 0 Å². The molecule has 0 aromatic heterocycles. The summed E-state index contributed by atoms with van der Waals surface area (Å²) in [6.45, 7) is 6.34. The number of carbonyl (C=O) groups is 1. The van der Waals surface area contributed by atoms with Gasteiger partial charge in [0.05, 0.1) is 6.54 Å². The number of nitrogens with zero attached hydrogens (tertiary/aromatic N) is 2. The number of halogens is 4. The van der Waals surface area contributed by atoms with Crippen molar-refractivity contribution in [2.75, 3.05) is 32.7 Å². The van der Waals surface area contributed by atoms with Crippen molar-refractivity contribution < 1.29 is 26.4 Å². The highest BCUT2D eigenvalue weighted by atomic mass is 127. The lowest BCUT2D eigenvalue weighted by Gasteiger charge is -2.32. The first-order chi connectivity index (χ1) is 12.5. The molecule has 0 aliphatic carbocycles. The minimum Gasteiger partial charge on any atom is -0.357 e. The van der Waals surface area contributed by atoms with Crippen LogP contribution in [0.25, 0.3) is 0 Å². The predicted octanol–water partition coefficient (Wildman–Crippen LogP) is 1.25. The molecular weight excluding hydrogens is 514 g/mol. The van der Waals surface area contributed by atoms with E-state index in [1.165, 1.54) is 0 Å². The molecule has 1 rings (SSSR count). The Balaban J connectivity index is 0.00000729. The molecule has 1 heterocycles. The van der Waals surface area contributed by atoms with Gasteiger partial charge in [-0.1, -0.05) is 13.8 Å². The fourth-order valence-corrected chi connectivity index (χ4v) is 3.44. The predicted molar refractivity (Wildman–Crippen MR) is 112 cm³/mol. The molecule has 1 aliphatic heterocycles. The number of alkyl halides is 3. The lowest BCUT2D eigenvalue weighted by atomic mass is 10.1. The second-order valence-corrected chi connectivity index (χ2v) is 8.40. The molecule has 1 fully saturated rings. The largest absolute Gasteiger partial charge is 0.511 e. The number of piperidine rings is 1. The molecule has 0 bridgehead atoms. The molecule has 0 saturated carbocycles. The van der Waals surface area contributed by atoms with E-state index in [1.54, 1.807) is 13.8 Å². The monoisotopic (exact) mass is 543 g/mol. The number of amides is 1. The van der Waals surface area contributed by atoms with Crippen LogP contribution in [-0.2, 0) is 14.8 Å². The number of nitrogens with one attached hydrogen (secondary N) is 3. The SMILES string of the molecule is CCNC(=NCCNC(=O)C(C)C)NC1CCN(S(=O)(=O)C(F)(F)F)CC1.I. The van der Waals surface area contributed by atoms with Crippen LogP contribution in [0, 0.1) is 5.92 Å². The highest BCUT2D eigenvalue weighted by Gasteiger charge is 2.50. The number of sulfonamides is 1. The zero-order valence-corrected chi connectivity index (χ0v) is 19.3. The van der Waals surface area contributed by atoms with Gasteiger partial charge in [-0.05, 0) is 19.8 Å². The molecule has 0 unspecified atom stereocenters. The van der Waals surface area contributed by atoms with Crippen LogP contribution in [0.15, 0.2) is 4.99 Å². The van der Waals surface area contributed by atoms with Crippen molar-refractivity contribution in [3.8, 4) is 0 Å². The van der Waals surface area contributed by atoms with Gasteiger partial charge >= 0.3 is 15.5 Å². The van der Waals surface area contributed by atoms with E-state index in [0.717, 1.165) is 0 Å². The number of aliphatic imine (C=N–C) groups is 1. The van der Waals surface area contributed by atoms with Crippen molar-refractivity contribution in [3.63, 3.8) is 0 Å². The molecule has 13 heteroatoms. The first kappa shape index (κ1) is 27.2. The minimum atomic E-state index is -5.27. The highest BCUT2D eigenvalue weighted by Crippen LogP contribution is 2.28. The van der Waals surface area contributed by atoms with Gasteiger partial charge in [-0.25, -0.2) is 8.42 Å². The Hall–Kier alpha value is -0.830. The van der Waals surface area contributed by atoms with Crippen LogP contribution >= 0.6 is 24.0 Å². The Kier molecular flexibility index (Phi) is 11.6. The third kappa shape index (κ3) is 8.27. The molecular formula is C15H29F3IN5O3S. The average Bonchev–Trinajstić information content (AvgIpc) is 2.58. The Morgan fingerprint density at radius 3 is 2.25 bits per heavy atom. The molecule has 1 aliphatic rings. The lowest BCUT2D eigenvalue weighted by molar-refractivity contribution is -0.123. The Labute approximate surface area is 181 Å². The molecule has 0 aromatic rings. The van der Waals surface area contributed by atoms with Gasteiger partial charge < -0.3 is 16.0 Å². The molecule has 0 aromatic carbocycles. The summed E-state index contributed by atoms with van der Waals surface area (Å²) in [5.74, 6) is 0.299. The van der Waals surface area contributed by atoms with Crippen molar-refractivity contribution >= 4 is 45.9 Å². The van der Waals surface area contributed by atoms with Crippen LogP contribution in [0.3, 0.4) is 0 Å². The molecule has 28 heavy (non-hydrogen) atoms. The maximum atomic E-state index is 12.6. The molecule has 166 valence electrons. The van der Waals surface area contributed by atoms with Crippen molar-refractivity contribution in [1.29, 1.82) is 0 Å². The molecule has 1 amide bonds. The first-order valence-corrected chi connectivity index (χ1v) is 10.3. The van der Waals surface area contributed by atoms with Gasteiger partial charge in [0.15, 0.2) is 5.96 Å². The van der Waals surface area contributed by atoms with Crippen LogP contribution in [0.2, 0.25) is 0 Å². The Morgan fingerprint density at radius 1 is 1.21 bits per heavy atom. The molecule has 8 nitrogen and oxygen atoms in total. The number of rotatable bonds is 7. The van der Waals surface area contributed by atoms with E-state index in [0.29, 0.717) is 29.9 Å². The van der Waals surface area contributed by atoms with E-state index < -0.39 is 15.5 Å². The van der Waals surface area contributed by atoms with Crippen molar-refractivity contribution in [3.05, 3.63) is 0 Å². The lowest BCUT2D eigenvalue weighted by Crippen LogP contribution is -2.51. The van der Waals surface area contributed by atoms with Gasteiger partial charge in [-0.15, -0.1) is 24.0 Å². The van der Waals surface area contributed by atoms with Crippen molar-refractivity contribution in [2.45, 2.75) is 45.2 Å². The van der Waals surface area contributed by atoms with Crippen LogP contribution in [0.4, 0.5) is 13.2 Å². The summed E-state index contributed by atoms with van der Waals surface area (Å²) in [5.41, 5.74) is -5.27. The molecule has 0 radical (unpaired) electrons. The summed E-state index contributed by atoms with van der Waals surface area (Å²) < 4.78 is 61.1. The van der Waals surface area contributed by atoms with E-state index in [1.807, 2.05) is 6.92 Å². The molecule has 0 spiro atoms. The van der Waals surface area contributed by atoms with Gasteiger partial charge in [-0.2, -0.15) is 17.5 Å². The summed E-state index contributed by atoms with van der Waals surface area (Å²) in [7, 11) is -5.27. The smallest absolute Gasteiger partial charge is 0.357 e. The number of carbonyl (C=O) groups excluding carboxylic acids is 1. The van der Waals surface area contributed by atoms with Gasteiger partial charge in [0.1, 0.15) is 0 Å². The van der Waals surface area contributed by atoms with Crippen molar-refractivity contribution in [2.24, 2.45) is 10.9 Å². The zero-order chi connectivity index (χ0) is 20.7. The van der Waals surface area contributed by atoms with Gasteiger partial charge in [-0.3, -0.25) is 9.79 Å². The van der Waals surface area contributed by atoms with Crippen LogP contribution in [0.5, 0.6) is 0 Å². The fourth-order valence-electron chi connectivity index (χ4n) is 2.45. The van der Waals surface area contributed by atoms with Crippen LogP contribution < -0.4 is 16.0 Å². The maximum absolute atomic E-state index is 12.6. The van der Waals surface area contributed by atoms with Crippen LogP contribution in [0.1, 0.15) is 33.6 Å². The van der Waals surface area contributed by atoms with Crippen molar-refractivity contribution in [1.82, 2.24) is 20.3 Å². The van der Waals surface area contributed by atoms with Crippen LogP contribution in [-0.4, -0.2) is 68.9 Å². The third-order valence-corrected chi connectivity index (χ3v) is 5.61. The summed E-state index contributed by atoms with van der Waals surface area (Å²) in [6.07, 6.45) is 0.480. The highest BCUT2D eigenvalue weighted by molar-refractivity contribution is 14.0. The average molecular weight is 543 g/mol. The zero-order valence-electron chi connectivity index (χ0n) is 16.2. The summed E-state index contributed by atoms with van der Waals surface area (Å²) in [5, 5.41) is 8.86. The summed E-state index contributed by atoms with van der Waals surface area (Å²) in [4.78, 5) is 15.8. The normalized spacial score (nSPS) is 17.2. The number of hydrogen-bond acceptors (Lipinski definition) is 4. The molecule has 0 atom stereocenters. The van der Waals surface area contributed by atoms with Gasteiger partial charge in [0.2, 0.25) is 5.91 Å². The standard InChI is InChI=1S/C15H28F3N5O3S.HI/c1-4-19-14(21-8-7-20-13(24)11(2)3)22-12-5-9-23(10-6-12)27(25,26)15(16,17)18;/h11-12H,4-10H2,1-3H3,(H,20,24)(H2,19,21,22);1H. The van der Waals surface area contributed by atoms with Gasteiger partial charge in [0, 0.05) is 38.1 Å². The van der Waals surface area contributed by atoms with E-state index in [9.17, 15) is 26.4 Å². The topological polar surface area (TPSA) is 103 Å². The second-order valence-electron chi connectivity index (χ2n) is 6.47. The molecule has 3 N–H and O–H groups in total. The molecule has 1 saturated heterocycles. The first-order valence-electron chi connectivity index (χ1n) is 8.88. The van der Waals surface area contributed by atoms with E-state index in [4.69, 9.17) is 0 Å². The van der Waals surface area contributed by atoms with E-state index in [2.05, 4.69) is 20.9 Å². The Morgan fingerprint density at radius 2 is 1.79 bits per heavy atom.